The molecule has 15 heavy (non-hydrogen) atoms. The molecule has 2 fully saturated rings. The van der Waals surface area contributed by atoms with Crippen LogP contribution in [0.15, 0.2) is 0 Å². The summed E-state index contributed by atoms with van der Waals surface area (Å²) in [6, 6.07) is 0. The van der Waals surface area contributed by atoms with Gasteiger partial charge < -0.3 is 13.8 Å². The molecule has 1 heteroatoms. The zero-order chi connectivity index (χ0) is 10.5. The van der Waals surface area contributed by atoms with Crippen LogP contribution in [0.4, 0.5) is 0 Å². The van der Waals surface area contributed by atoms with Crippen LogP contribution >= 0.6 is 0 Å². The molecule has 0 amide bonds. The van der Waals surface area contributed by atoms with Crippen molar-refractivity contribution in [3.8, 4) is 0 Å². The first kappa shape index (κ1) is 18.1. The van der Waals surface area contributed by atoms with Crippen molar-refractivity contribution in [2.24, 2.45) is 0 Å². The molecule has 0 aromatic carbocycles. The Morgan fingerprint density at radius 2 is 0.600 bits per heavy atom. The van der Waals surface area contributed by atoms with Crippen LogP contribution in [0.25, 0.3) is 0 Å². The van der Waals surface area contributed by atoms with E-state index in [1.54, 1.807) is 0 Å². The Hall–Kier alpha value is 0.714. The first-order valence-electron chi connectivity index (χ1n) is 4.83. The number of unbranched alkanes of at least 4 members (excludes halogenated alkanes) is 1. The van der Waals surface area contributed by atoms with Crippen LogP contribution in [0, 0.1) is 78.1 Å². The van der Waals surface area contributed by atoms with Crippen molar-refractivity contribution in [3.63, 3.8) is 0 Å². The maximum absolute atomic E-state index is 3.54. The Bertz CT molecular complexity index is 56.1. The summed E-state index contributed by atoms with van der Waals surface area (Å²) in [5.74, 6) is 0. The van der Waals surface area contributed by atoms with Gasteiger partial charge in [-0.25, -0.2) is 12.8 Å². The summed E-state index contributed by atoms with van der Waals surface area (Å²) in [6.07, 6.45) is 21.9. The van der Waals surface area contributed by atoms with Gasteiger partial charge in [-0.2, -0.15) is 0 Å². The van der Waals surface area contributed by atoms with Gasteiger partial charge in [-0.3, -0.25) is 0 Å². The van der Waals surface area contributed by atoms with Gasteiger partial charge in [0.05, 0.1) is 0 Å². The van der Waals surface area contributed by atoms with Crippen LogP contribution in [-0.2, 0) is 21.7 Å². The molecule has 2 saturated carbocycles. The average Bonchev–Trinajstić information content (AvgIpc) is 2.94. The van der Waals surface area contributed by atoms with Gasteiger partial charge in [0.15, 0.2) is 0 Å². The second kappa shape index (κ2) is 17.1. The van der Waals surface area contributed by atoms with Crippen molar-refractivity contribution in [1.82, 2.24) is 0 Å². The molecule has 0 nitrogen and oxygen atoms in total. The second-order valence-electron chi connectivity index (χ2n) is 2.63. The predicted molar refractivity (Wildman–Crippen MR) is 62.9 cm³/mol. The molecular formula is C14H18Ti. The van der Waals surface area contributed by atoms with E-state index in [-0.39, 0.29) is 21.7 Å². The molecule has 0 N–H and O–H groups in total. The summed E-state index contributed by atoms with van der Waals surface area (Å²) in [4.78, 5) is 0. The van der Waals surface area contributed by atoms with Crippen molar-refractivity contribution >= 4 is 0 Å². The Morgan fingerprint density at radius 1 is 0.467 bits per heavy atom. The second-order valence-corrected chi connectivity index (χ2v) is 2.63. The van der Waals surface area contributed by atoms with Crippen molar-refractivity contribution in [1.29, 1.82) is 0 Å². The first-order chi connectivity index (χ1) is 6.91. The first-order valence-corrected chi connectivity index (χ1v) is 4.83. The molecule has 2 rings (SSSR count). The van der Waals surface area contributed by atoms with E-state index in [0.29, 0.717) is 0 Å². The van der Waals surface area contributed by atoms with E-state index in [9.17, 15) is 0 Å². The smallest absolute Gasteiger partial charge is 0.346 e. The van der Waals surface area contributed by atoms with E-state index in [4.69, 9.17) is 0 Å². The fourth-order valence-corrected chi connectivity index (χ4v) is 0.642. The third kappa shape index (κ3) is 17.3. The summed E-state index contributed by atoms with van der Waals surface area (Å²) in [5, 5.41) is 0. The Balaban J connectivity index is 0. The van der Waals surface area contributed by atoms with Gasteiger partial charge in [-0.05, 0) is 64.2 Å². The molecule has 10 radical (unpaired) electrons. The normalized spacial score (nSPS) is 18.0. The summed E-state index contributed by atoms with van der Waals surface area (Å²) >= 11 is 0. The maximum atomic E-state index is 3.54. The number of hydrogen-bond acceptors (Lipinski definition) is 0. The average molecular weight is 234 g/mol. The summed E-state index contributed by atoms with van der Waals surface area (Å²) in [5.41, 5.74) is 0. The Kier molecular flexibility index (Phi) is 20.6. The number of rotatable bonds is 1. The van der Waals surface area contributed by atoms with Crippen LogP contribution in [0.5, 0.6) is 0 Å². The molecule has 0 unspecified atom stereocenters. The number of hydrogen-bond donors (Lipinski definition) is 0. The molecule has 0 aromatic heterocycles. The molecule has 78 valence electrons. The fourth-order valence-electron chi connectivity index (χ4n) is 0.642. The molecule has 0 saturated heterocycles. The van der Waals surface area contributed by atoms with E-state index < -0.39 is 0 Å². The summed E-state index contributed by atoms with van der Waals surface area (Å²) < 4.78 is 0. The predicted octanol–water partition coefficient (Wildman–Crippen LogP) is 3.48. The zero-order valence-electron chi connectivity index (χ0n) is 9.10. The topological polar surface area (TPSA) is 0 Å². The molecule has 0 atom stereocenters. The van der Waals surface area contributed by atoms with Crippen LogP contribution in [0.3, 0.4) is 0 Å². The van der Waals surface area contributed by atoms with Crippen LogP contribution < -0.4 is 0 Å². The maximum Gasteiger partial charge on any atom is 2.00 e. The molecule has 2 aliphatic carbocycles. The van der Waals surface area contributed by atoms with E-state index >= 15 is 0 Å². The van der Waals surface area contributed by atoms with Crippen molar-refractivity contribution < 1.29 is 21.7 Å². The van der Waals surface area contributed by atoms with Crippen molar-refractivity contribution in [2.45, 2.75) is 12.8 Å². The van der Waals surface area contributed by atoms with Crippen LogP contribution in [-0.4, -0.2) is 0 Å². The largest absolute Gasteiger partial charge is 2.00 e. The monoisotopic (exact) mass is 234 g/mol. The van der Waals surface area contributed by atoms with Crippen molar-refractivity contribution in [2.75, 3.05) is 0 Å². The standard InChI is InChI=1S/2C5H5.C4H8.Ti/c2*1-2-4-5-3-1;1-3-4-2;/h2*1-5H;1-4H2;/q;;-2;+2. The molecule has 0 heterocycles. The van der Waals surface area contributed by atoms with Gasteiger partial charge >= 0.3 is 21.7 Å². The zero-order valence-corrected chi connectivity index (χ0v) is 10.7. The van der Waals surface area contributed by atoms with Gasteiger partial charge in [0, 0.05) is 0 Å². The Morgan fingerprint density at radius 3 is 0.667 bits per heavy atom. The third-order valence-electron chi connectivity index (χ3n) is 1.36. The Labute approximate surface area is 112 Å². The molecule has 0 aliphatic heterocycles. The molecular weight excluding hydrogens is 216 g/mol. The molecule has 0 bridgehead atoms. The fraction of sp³-hybridized carbons (Fsp3) is 0.143. The SMILES string of the molecule is [CH2-]CC[CH2-].[CH]1[CH][CH][CH][CH]1.[CH]1[CH][CH][CH][CH]1.[Ti+2]. The van der Waals surface area contributed by atoms with Gasteiger partial charge in [-0.15, -0.1) is 0 Å². The quantitative estimate of drug-likeness (QED) is 0.481. The van der Waals surface area contributed by atoms with Gasteiger partial charge in [0.1, 0.15) is 0 Å². The van der Waals surface area contributed by atoms with E-state index in [1.165, 1.54) is 0 Å². The third-order valence-corrected chi connectivity index (χ3v) is 1.36. The van der Waals surface area contributed by atoms with E-state index in [0.717, 1.165) is 12.8 Å². The van der Waals surface area contributed by atoms with Crippen molar-refractivity contribution in [3.05, 3.63) is 78.1 Å². The molecule has 0 spiro atoms. The molecule has 0 aromatic rings. The minimum Gasteiger partial charge on any atom is -0.346 e. The van der Waals surface area contributed by atoms with Gasteiger partial charge in [0.2, 0.25) is 0 Å². The minimum atomic E-state index is 0. The van der Waals surface area contributed by atoms with E-state index in [1.807, 2.05) is 64.2 Å². The van der Waals surface area contributed by atoms with Gasteiger partial charge in [0.25, 0.3) is 0 Å². The summed E-state index contributed by atoms with van der Waals surface area (Å²) in [7, 11) is 0. The van der Waals surface area contributed by atoms with Crippen LogP contribution in [0.2, 0.25) is 0 Å². The van der Waals surface area contributed by atoms with Crippen LogP contribution in [0.1, 0.15) is 12.8 Å². The van der Waals surface area contributed by atoms with Gasteiger partial charge in [-0.1, -0.05) is 0 Å². The minimum absolute atomic E-state index is 0. The van der Waals surface area contributed by atoms with E-state index in [2.05, 4.69) is 13.8 Å². The molecule has 2 aliphatic rings. The summed E-state index contributed by atoms with van der Waals surface area (Å²) in [6.45, 7) is 7.08.